The van der Waals surface area contributed by atoms with Gasteiger partial charge in [0.2, 0.25) is 0 Å². The highest BCUT2D eigenvalue weighted by Crippen LogP contribution is 2.30. The molecule has 0 aromatic rings. The van der Waals surface area contributed by atoms with Crippen LogP contribution in [0.15, 0.2) is 0 Å². The average molecular weight is 184 g/mol. The Bertz CT molecular complexity index is 172. The predicted octanol–water partition coefficient (Wildman–Crippen LogP) is 0.317. The van der Waals surface area contributed by atoms with Crippen LogP contribution in [0, 0.1) is 5.92 Å². The average Bonchev–Trinajstić information content (AvgIpc) is 2.02. The van der Waals surface area contributed by atoms with Gasteiger partial charge in [0.25, 0.3) is 0 Å². The molecular weight excluding hydrogens is 164 g/mol. The van der Waals surface area contributed by atoms with E-state index in [1.54, 1.807) is 0 Å². The van der Waals surface area contributed by atoms with Gasteiger partial charge in [-0.15, -0.1) is 0 Å². The van der Waals surface area contributed by atoms with Crippen LogP contribution in [-0.2, 0) is 4.74 Å². The molecule has 0 radical (unpaired) electrons. The predicted molar refractivity (Wildman–Crippen MR) is 52.8 cm³/mol. The fourth-order valence-corrected chi connectivity index (χ4v) is 2.14. The summed E-state index contributed by atoms with van der Waals surface area (Å²) in [6.45, 7) is 11.3. The van der Waals surface area contributed by atoms with Crippen molar-refractivity contribution in [3.05, 3.63) is 0 Å². The second kappa shape index (κ2) is 3.56. The van der Waals surface area contributed by atoms with Crippen LogP contribution in [0.25, 0.3) is 0 Å². The first-order chi connectivity index (χ1) is 6.21. The summed E-state index contributed by atoms with van der Waals surface area (Å²) >= 11 is 0. The maximum absolute atomic E-state index is 5.27. The molecule has 13 heavy (non-hydrogen) atoms. The topological polar surface area (TPSA) is 24.5 Å². The largest absolute Gasteiger partial charge is 0.381 e. The molecule has 76 valence electrons. The Labute approximate surface area is 80.4 Å². The summed E-state index contributed by atoms with van der Waals surface area (Å²) in [6, 6.07) is 0. The van der Waals surface area contributed by atoms with Crippen molar-refractivity contribution in [2.45, 2.75) is 19.4 Å². The molecule has 1 N–H and O–H groups in total. The van der Waals surface area contributed by atoms with Crippen molar-refractivity contribution < 1.29 is 4.74 Å². The van der Waals surface area contributed by atoms with Gasteiger partial charge in [-0.2, -0.15) is 0 Å². The van der Waals surface area contributed by atoms with Crippen molar-refractivity contribution >= 4 is 0 Å². The van der Waals surface area contributed by atoms with Crippen LogP contribution in [0.1, 0.15) is 13.8 Å². The maximum Gasteiger partial charge on any atom is 0.0534 e. The summed E-state index contributed by atoms with van der Waals surface area (Å²) in [5.74, 6) is 0.741. The van der Waals surface area contributed by atoms with Crippen LogP contribution in [0.4, 0.5) is 0 Å². The zero-order valence-corrected chi connectivity index (χ0v) is 8.68. The quantitative estimate of drug-likeness (QED) is 0.669. The van der Waals surface area contributed by atoms with Crippen LogP contribution in [0.2, 0.25) is 0 Å². The highest BCUT2D eigenvalue weighted by molar-refractivity contribution is 4.93. The van der Waals surface area contributed by atoms with E-state index in [9.17, 15) is 0 Å². The number of rotatable bonds is 2. The number of nitrogens with one attached hydrogen (secondary N) is 1. The fourth-order valence-electron chi connectivity index (χ4n) is 2.14. The molecule has 0 aromatic heterocycles. The fraction of sp³-hybridized carbons (Fsp3) is 1.00. The van der Waals surface area contributed by atoms with Crippen LogP contribution in [0.5, 0.6) is 0 Å². The Balaban J connectivity index is 1.94. The minimum absolute atomic E-state index is 0.334. The van der Waals surface area contributed by atoms with E-state index in [0.29, 0.717) is 5.54 Å². The highest BCUT2D eigenvalue weighted by atomic mass is 16.5. The maximum atomic E-state index is 5.27. The first kappa shape index (κ1) is 9.44. The lowest BCUT2D eigenvalue weighted by Crippen LogP contribution is -2.60. The van der Waals surface area contributed by atoms with E-state index in [4.69, 9.17) is 4.74 Å². The molecule has 2 heterocycles. The van der Waals surface area contributed by atoms with Gasteiger partial charge in [0.1, 0.15) is 0 Å². The van der Waals surface area contributed by atoms with Crippen molar-refractivity contribution in [3.63, 3.8) is 0 Å². The minimum Gasteiger partial charge on any atom is -0.381 e. The van der Waals surface area contributed by atoms with E-state index in [1.807, 2.05) is 0 Å². The summed E-state index contributed by atoms with van der Waals surface area (Å²) < 4.78 is 5.27. The number of piperazine rings is 1. The van der Waals surface area contributed by atoms with Gasteiger partial charge in [-0.25, -0.2) is 0 Å². The van der Waals surface area contributed by atoms with Gasteiger partial charge < -0.3 is 10.1 Å². The lowest BCUT2D eigenvalue weighted by Gasteiger charge is -2.49. The standard InChI is InChI=1S/C10H20N2O/c1-10(2,9-7-13-8-9)12-5-3-11-4-6-12/h9,11H,3-8H2,1-2H3. The molecule has 0 bridgehead atoms. The van der Waals surface area contributed by atoms with E-state index >= 15 is 0 Å². The van der Waals surface area contributed by atoms with Gasteiger partial charge in [0.05, 0.1) is 13.2 Å². The van der Waals surface area contributed by atoms with Crippen molar-refractivity contribution in [2.75, 3.05) is 39.4 Å². The lowest BCUT2D eigenvalue weighted by atomic mass is 9.84. The molecule has 0 spiro atoms. The van der Waals surface area contributed by atoms with Crippen LogP contribution < -0.4 is 5.32 Å². The van der Waals surface area contributed by atoms with E-state index < -0.39 is 0 Å². The van der Waals surface area contributed by atoms with Crippen molar-refractivity contribution in [1.82, 2.24) is 10.2 Å². The molecule has 2 aliphatic rings. The molecule has 2 aliphatic heterocycles. The van der Waals surface area contributed by atoms with Gasteiger partial charge in [0.15, 0.2) is 0 Å². The Morgan fingerprint density at radius 1 is 1.23 bits per heavy atom. The Morgan fingerprint density at radius 2 is 1.85 bits per heavy atom. The second-order valence-electron chi connectivity index (χ2n) is 4.63. The van der Waals surface area contributed by atoms with Gasteiger partial charge in [-0.05, 0) is 13.8 Å². The molecule has 2 saturated heterocycles. The van der Waals surface area contributed by atoms with Crippen molar-refractivity contribution in [3.8, 4) is 0 Å². The summed E-state index contributed by atoms with van der Waals surface area (Å²) in [5.41, 5.74) is 0.334. The second-order valence-corrected chi connectivity index (χ2v) is 4.63. The van der Waals surface area contributed by atoms with Gasteiger partial charge in [0, 0.05) is 37.6 Å². The molecule has 3 heteroatoms. The number of nitrogens with zero attached hydrogens (tertiary/aromatic N) is 1. The molecule has 0 atom stereocenters. The summed E-state index contributed by atoms with van der Waals surface area (Å²) in [4.78, 5) is 2.59. The zero-order valence-electron chi connectivity index (χ0n) is 8.68. The first-order valence-electron chi connectivity index (χ1n) is 5.25. The minimum atomic E-state index is 0.334. The number of hydrogen-bond acceptors (Lipinski definition) is 3. The highest BCUT2D eigenvalue weighted by Gasteiger charge is 2.39. The number of hydrogen-bond donors (Lipinski definition) is 1. The van der Waals surface area contributed by atoms with Crippen LogP contribution in [-0.4, -0.2) is 49.8 Å². The Hall–Kier alpha value is -0.120. The molecule has 3 nitrogen and oxygen atoms in total. The van der Waals surface area contributed by atoms with E-state index in [0.717, 1.165) is 32.2 Å². The summed E-state index contributed by atoms with van der Waals surface area (Å²) in [6.07, 6.45) is 0. The third-order valence-electron chi connectivity index (χ3n) is 3.57. The first-order valence-corrected chi connectivity index (χ1v) is 5.25. The zero-order chi connectivity index (χ0) is 9.31. The van der Waals surface area contributed by atoms with E-state index in [1.165, 1.54) is 13.1 Å². The SMILES string of the molecule is CC(C)(C1COC1)N1CCNCC1. The third-order valence-corrected chi connectivity index (χ3v) is 3.57. The van der Waals surface area contributed by atoms with Crippen LogP contribution >= 0.6 is 0 Å². The smallest absolute Gasteiger partial charge is 0.0534 e. The third kappa shape index (κ3) is 1.73. The van der Waals surface area contributed by atoms with E-state index in [-0.39, 0.29) is 0 Å². The molecule has 0 amide bonds. The summed E-state index contributed by atoms with van der Waals surface area (Å²) in [7, 11) is 0. The number of ether oxygens (including phenoxy) is 1. The molecule has 2 fully saturated rings. The molecule has 0 saturated carbocycles. The van der Waals surface area contributed by atoms with Gasteiger partial charge in [-0.3, -0.25) is 4.90 Å². The Kier molecular flexibility index (Phi) is 2.58. The molecule has 2 rings (SSSR count). The monoisotopic (exact) mass is 184 g/mol. The summed E-state index contributed by atoms with van der Waals surface area (Å²) in [5, 5.41) is 3.39. The van der Waals surface area contributed by atoms with Gasteiger partial charge >= 0.3 is 0 Å². The molecule has 0 aromatic carbocycles. The van der Waals surface area contributed by atoms with Gasteiger partial charge in [-0.1, -0.05) is 0 Å². The molecule has 0 aliphatic carbocycles. The van der Waals surface area contributed by atoms with Crippen molar-refractivity contribution in [2.24, 2.45) is 5.92 Å². The molecular formula is C10H20N2O. The van der Waals surface area contributed by atoms with E-state index in [2.05, 4.69) is 24.1 Å². The molecule has 0 unspecified atom stereocenters. The van der Waals surface area contributed by atoms with Crippen LogP contribution in [0.3, 0.4) is 0 Å². The lowest BCUT2D eigenvalue weighted by molar-refractivity contribution is -0.108. The Morgan fingerprint density at radius 3 is 2.31 bits per heavy atom. The normalized spacial score (nSPS) is 27.2. The van der Waals surface area contributed by atoms with Crippen molar-refractivity contribution in [1.29, 1.82) is 0 Å².